The number of anilines is 1. The van der Waals surface area contributed by atoms with Gasteiger partial charge in [-0.3, -0.25) is 15.0 Å². The first-order valence-corrected chi connectivity index (χ1v) is 4.92. The lowest BCUT2D eigenvalue weighted by Gasteiger charge is -2.05. The molecule has 0 radical (unpaired) electrons. The van der Waals surface area contributed by atoms with E-state index in [4.69, 9.17) is 5.84 Å². The summed E-state index contributed by atoms with van der Waals surface area (Å²) >= 11 is 3.31. The van der Waals surface area contributed by atoms with Crippen molar-refractivity contribution in [2.75, 3.05) is 5.32 Å². The molecule has 80 valence electrons. The van der Waals surface area contributed by atoms with Crippen LogP contribution in [-0.4, -0.2) is 11.8 Å². The Bertz CT molecular complexity index is 406. The van der Waals surface area contributed by atoms with Crippen molar-refractivity contribution in [2.24, 2.45) is 5.84 Å². The molecule has 6 heteroatoms. The standard InChI is InChI=1S/C9H10BrN3O2/c1-5-2-3-6(4-7(5)10)12-8(14)9(15)13-11/h2-4H,11H2,1H3,(H,12,14)(H,13,15). The van der Waals surface area contributed by atoms with Crippen LogP contribution in [0.3, 0.4) is 0 Å². The normalized spacial score (nSPS) is 9.53. The number of carbonyl (C=O) groups is 2. The molecule has 0 atom stereocenters. The Labute approximate surface area is 95.1 Å². The lowest BCUT2D eigenvalue weighted by Crippen LogP contribution is -2.39. The van der Waals surface area contributed by atoms with Crippen LogP contribution in [0.15, 0.2) is 22.7 Å². The number of rotatable bonds is 1. The van der Waals surface area contributed by atoms with Crippen molar-refractivity contribution in [1.29, 1.82) is 0 Å². The van der Waals surface area contributed by atoms with Crippen molar-refractivity contribution in [1.82, 2.24) is 5.43 Å². The van der Waals surface area contributed by atoms with E-state index in [-0.39, 0.29) is 0 Å². The molecule has 0 aliphatic rings. The number of halogens is 1. The molecule has 0 aliphatic heterocycles. The lowest BCUT2D eigenvalue weighted by molar-refractivity contribution is -0.136. The monoisotopic (exact) mass is 271 g/mol. The van der Waals surface area contributed by atoms with Crippen molar-refractivity contribution in [3.63, 3.8) is 0 Å². The Morgan fingerprint density at radius 3 is 2.53 bits per heavy atom. The summed E-state index contributed by atoms with van der Waals surface area (Å²) in [6.45, 7) is 1.92. The summed E-state index contributed by atoms with van der Waals surface area (Å²) in [5, 5.41) is 2.40. The fraction of sp³-hybridized carbons (Fsp3) is 0.111. The molecule has 15 heavy (non-hydrogen) atoms. The van der Waals surface area contributed by atoms with Crippen LogP contribution in [0.5, 0.6) is 0 Å². The molecule has 0 aromatic heterocycles. The summed E-state index contributed by atoms with van der Waals surface area (Å²) in [7, 11) is 0. The lowest BCUT2D eigenvalue weighted by atomic mass is 10.2. The van der Waals surface area contributed by atoms with E-state index in [9.17, 15) is 9.59 Å². The van der Waals surface area contributed by atoms with Gasteiger partial charge in [0.15, 0.2) is 0 Å². The van der Waals surface area contributed by atoms with Crippen LogP contribution in [-0.2, 0) is 9.59 Å². The van der Waals surface area contributed by atoms with E-state index in [2.05, 4.69) is 21.2 Å². The molecule has 1 rings (SSSR count). The Hall–Kier alpha value is -1.40. The second-order valence-corrected chi connectivity index (χ2v) is 3.75. The van der Waals surface area contributed by atoms with E-state index in [1.165, 1.54) is 0 Å². The molecule has 0 aliphatic carbocycles. The number of nitrogens with one attached hydrogen (secondary N) is 2. The summed E-state index contributed by atoms with van der Waals surface area (Å²) in [6, 6.07) is 5.22. The fourth-order valence-corrected chi connectivity index (χ4v) is 1.30. The molecular formula is C9H10BrN3O2. The van der Waals surface area contributed by atoms with Gasteiger partial charge in [0, 0.05) is 10.2 Å². The molecule has 1 aromatic carbocycles. The van der Waals surface area contributed by atoms with Crippen LogP contribution in [0.2, 0.25) is 0 Å². The molecule has 0 fully saturated rings. The van der Waals surface area contributed by atoms with E-state index in [0.717, 1.165) is 10.0 Å². The quantitative estimate of drug-likeness (QED) is 0.304. The molecule has 0 saturated heterocycles. The third-order valence-corrected chi connectivity index (χ3v) is 2.62. The highest BCUT2D eigenvalue weighted by Crippen LogP contribution is 2.20. The SMILES string of the molecule is Cc1ccc(NC(=O)C(=O)NN)cc1Br. The van der Waals surface area contributed by atoms with Crippen LogP contribution in [0.1, 0.15) is 5.56 Å². The van der Waals surface area contributed by atoms with Crippen molar-refractivity contribution < 1.29 is 9.59 Å². The van der Waals surface area contributed by atoms with Crippen molar-refractivity contribution >= 4 is 33.4 Å². The van der Waals surface area contributed by atoms with E-state index >= 15 is 0 Å². The maximum Gasteiger partial charge on any atom is 0.323 e. The second-order valence-electron chi connectivity index (χ2n) is 2.89. The van der Waals surface area contributed by atoms with Crippen LogP contribution in [0, 0.1) is 6.92 Å². The number of hydrazine groups is 1. The molecule has 0 heterocycles. The fourth-order valence-electron chi connectivity index (χ4n) is 0.924. The summed E-state index contributed by atoms with van der Waals surface area (Å²) in [6.07, 6.45) is 0. The van der Waals surface area contributed by atoms with Crippen LogP contribution >= 0.6 is 15.9 Å². The van der Waals surface area contributed by atoms with Gasteiger partial charge in [0.25, 0.3) is 0 Å². The topological polar surface area (TPSA) is 84.2 Å². The summed E-state index contributed by atoms with van der Waals surface area (Å²) < 4.78 is 0.855. The predicted molar refractivity (Wildman–Crippen MR) is 59.8 cm³/mol. The van der Waals surface area contributed by atoms with Crippen LogP contribution in [0.25, 0.3) is 0 Å². The second kappa shape index (κ2) is 4.90. The number of nitrogens with two attached hydrogens (primary N) is 1. The molecule has 1 aromatic rings. The first-order chi connectivity index (χ1) is 7.04. The van der Waals surface area contributed by atoms with Crippen LogP contribution in [0.4, 0.5) is 5.69 Å². The van der Waals surface area contributed by atoms with Gasteiger partial charge in [-0.05, 0) is 24.6 Å². The number of hydrogen-bond donors (Lipinski definition) is 3. The molecule has 0 bridgehead atoms. The van der Waals surface area contributed by atoms with Gasteiger partial charge in [0.1, 0.15) is 0 Å². The summed E-state index contributed by atoms with van der Waals surface area (Å²) in [4.78, 5) is 21.9. The molecule has 0 saturated carbocycles. The minimum atomic E-state index is -0.883. The maximum atomic E-state index is 11.1. The number of amides is 2. The van der Waals surface area contributed by atoms with Gasteiger partial charge in [0.05, 0.1) is 0 Å². The van der Waals surface area contributed by atoms with Gasteiger partial charge < -0.3 is 5.32 Å². The Balaban J connectivity index is 2.77. The highest BCUT2D eigenvalue weighted by atomic mass is 79.9. The first-order valence-electron chi connectivity index (χ1n) is 4.12. The zero-order valence-corrected chi connectivity index (χ0v) is 9.59. The zero-order valence-electron chi connectivity index (χ0n) is 8.00. The molecular weight excluding hydrogens is 262 g/mol. The first kappa shape index (κ1) is 11.7. The molecule has 0 unspecified atom stereocenters. The third-order valence-electron chi connectivity index (χ3n) is 1.77. The van der Waals surface area contributed by atoms with Crippen LogP contribution < -0.4 is 16.6 Å². The number of carbonyl (C=O) groups excluding carboxylic acids is 2. The molecule has 0 spiro atoms. The Morgan fingerprint density at radius 2 is 2.00 bits per heavy atom. The predicted octanol–water partition coefficient (Wildman–Crippen LogP) is 0.686. The van der Waals surface area contributed by atoms with Gasteiger partial charge in [-0.1, -0.05) is 22.0 Å². The third kappa shape index (κ3) is 3.03. The van der Waals surface area contributed by atoms with Gasteiger partial charge in [0.2, 0.25) is 0 Å². The van der Waals surface area contributed by atoms with Gasteiger partial charge in [-0.15, -0.1) is 0 Å². The van der Waals surface area contributed by atoms with E-state index in [1.807, 2.05) is 13.0 Å². The van der Waals surface area contributed by atoms with E-state index in [1.54, 1.807) is 17.6 Å². The molecule has 5 nitrogen and oxygen atoms in total. The van der Waals surface area contributed by atoms with Crippen molar-refractivity contribution in [3.05, 3.63) is 28.2 Å². The van der Waals surface area contributed by atoms with E-state index < -0.39 is 11.8 Å². The average molecular weight is 272 g/mol. The summed E-state index contributed by atoms with van der Waals surface area (Å²) in [5.41, 5.74) is 3.32. The number of benzene rings is 1. The summed E-state index contributed by atoms with van der Waals surface area (Å²) in [5.74, 6) is 3.13. The largest absolute Gasteiger partial charge is 0.323 e. The van der Waals surface area contributed by atoms with Gasteiger partial charge in [-0.2, -0.15) is 0 Å². The minimum Gasteiger partial charge on any atom is -0.318 e. The van der Waals surface area contributed by atoms with Gasteiger partial charge >= 0.3 is 11.8 Å². The zero-order chi connectivity index (χ0) is 11.4. The molecule has 2 amide bonds. The highest BCUT2D eigenvalue weighted by Gasteiger charge is 2.11. The van der Waals surface area contributed by atoms with Crippen molar-refractivity contribution in [3.8, 4) is 0 Å². The Kier molecular flexibility index (Phi) is 3.81. The van der Waals surface area contributed by atoms with E-state index in [0.29, 0.717) is 5.69 Å². The Morgan fingerprint density at radius 1 is 1.33 bits per heavy atom. The van der Waals surface area contributed by atoms with Crippen molar-refractivity contribution in [2.45, 2.75) is 6.92 Å². The average Bonchev–Trinajstić information content (AvgIpc) is 2.22. The highest BCUT2D eigenvalue weighted by molar-refractivity contribution is 9.10. The van der Waals surface area contributed by atoms with Gasteiger partial charge in [-0.25, -0.2) is 5.84 Å². The minimum absolute atomic E-state index is 0.529. The number of aryl methyl sites for hydroxylation is 1. The smallest absolute Gasteiger partial charge is 0.318 e. The number of hydrogen-bond acceptors (Lipinski definition) is 3. The molecule has 4 N–H and O–H groups in total. The maximum absolute atomic E-state index is 11.1.